The molecule has 0 amide bonds. The summed E-state index contributed by atoms with van der Waals surface area (Å²) in [5.74, 6) is 1.34. The van der Waals surface area contributed by atoms with Crippen molar-refractivity contribution in [1.82, 2.24) is 25.5 Å². The number of nitrogens with one attached hydrogen (secondary N) is 2. The van der Waals surface area contributed by atoms with E-state index in [4.69, 9.17) is 0 Å². The molecule has 2 N–H and O–H groups in total. The molecular formula is C20H21F3N6. The van der Waals surface area contributed by atoms with E-state index in [1.165, 1.54) is 18.9 Å². The van der Waals surface area contributed by atoms with E-state index in [9.17, 15) is 13.2 Å². The number of aromatic amines is 1. The van der Waals surface area contributed by atoms with Gasteiger partial charge in [-0.1, -0.05) is 12.8 Å². The molecule has 5 rings (SSSR count). The number of nitrogens with zero attached hydrogens (tertiary/aromatic N) is 4. The predicted octanol–water partition coefficient (Wildman–Crippen LogP) is 3.62. The average molecular weight is 402 g/mol. The Hall–Kier alpha value is -2.68. The van der Waals surface area contributed by atoms with Gasteiger partial charge in [0.15, 0.2) is 5.65 Å². The highest BCUT2D eigenvalue weighted by atomic mass is 19.4. The SMILES string of the molecule is FC(F)(F)c1ccc(N2CCN[C@@H](CC3CC3)C2)nc1-c1[nH]nc2ncccc12. The van der Waals surface area contributed by atoms with Gasteiger partial charge in [-0.05, 0) is 36.6 Å². The molecule has 0 aromatic carbocycles. The van der Waals surface area contributed by atoms with Crippen LogP contribution in [0.15, 0.2) is 30.5 Å². The van der Waals surface area contributed by atoms with E-state index in [-0.39, 0.29) is 11.4 Å². The van der Waals surface area contributed by atoms with Gasteiger partial charge in [0.1, 0.15) is 11.5 Å². The first-order valence-electron chi connectivity index (χ1n) is 9.85. The van der Waals surface area contributed by atoms with Crippen LogP contribution in [0.3, 0.4) is 0 Å². The Balaban J connectivity index is 1.54. The van der Waals surface area contributed by atoms with Crippen molar-refractivity contribution in [2.24, 2.45) is 5.92 Å². The van der Waals surface area contributed by atoms with Gasteiger partial charge in [0.25, 0.3) is 0 Å². The molecule has 0 spiro atoms. The summed E-state index contributed by atoms with van der Waals surface area (Å²) in [5.41, 5.74) is -0.301. The zero-order valence-electron chi connectivity index (χ0n) is 15.7. The highest BCUT2D eigenvalue weighted by Gasteiger charge is 2.36. The molecule has 0 unspecified atom stereocenters. The van der Waals surface area contributed by atoms with Crippen molar-refractivity contribution >= 4 is 16.9 Å². The van der Waals surface area contributed by atoms with E-state index in [0.717, 1.165) is 31.5 Å². The van der Waals surface area contributed by atoms with Crippen molar-refractivity contribution in [2.45, 2.75) is 31.5 Å². The number of halogens is 3. The summed E-state index contributed by atoms with van der Waals surface area (Å²) in [4.78, 5) is 10.6. The minimum Gasteiger partial charge on any atom is -0.354 e. The number of anilines is 1. The Bertz CT molecular complexity index is 1030. The minimum absolute atomic E-state index is 0.136. The molecule has 1 aliphatic carbocycles. The number of fused-ring (bicyclic) bond motifs is 1. The lowest BCUT2D eigenvalue weighted by Gasteiger charge is -2.35. The Labute approximate surface area is 165 Å². The Morgan fingerprint density at radius 3 is 2.83 bits per heavy atom. The van der Waals surface area contributed by atoms with Crippen molar-refractivity contribution in [3.05, 3.63) is 36.0 Å². The number of piperazine rings is 1. The zero-order chi connectivity index (χ0) is 20.0. The predicted molar refractivity (Wildman–Crippen MR) is 103 cm³/mol. The summed E-state index contributed by atoms with van der Waals surface area (Å²) in [6, 6.07) is 6.32. The van der Waals surface area contributed by atoms with Crippen molar-refractivity contribution in [3.8, 4) is 11.4 Å². The number of H-pyrrole nitrogens is 1. The second kappa shape index (κ2) is 6.98. The lowest BCUT2D eigenvalue weighted by molar-refractivity contribution is -0.137. The van der Waals surface area contributed by atoms with E-state index in [1.807, 2.05) is 0 Å². The molecule has 0 radical (unpaired) electrons. The topological polar surface area (TPSA) is 69.7 Å². The number of aromatic nitrogens is 4. The molecular weight excluding hydrogens is 381 g/mol. The van der Waals surface area contributed by atoms with Gasteiger partial charge in [0.05, 0.1) is 11.3 Å². The van der Waals surface area contributed by atoms with Crippen molar-refractivity contribution in [3.63, 3.8) is 0 Å². The van der Waals surface area contributed by atoms with Crippen molar-refractivity contribution < 1.29 is 13.2 Å². The molecule has 2 aliphatic rings. The highest BCUT2D eigenvalue weighted by molar-refractivity contribution is 5.90. The molecule has 3 aromatic rings. The first-order valence-corrected chi connectivity index (χ1v) is 9.85. The highest BCUT2D eigenvalue weighted by Crippen LogP contribution is 2.39. The van der Waals surface area contributed by atoms with Gasteiger partial charge < -0.3 is 10.2 Å². The molecule has 4 heterocycles. The maximum absolute atomic E-state index is 13.7. The van der Waals surface area contributed by atoms with Crippen LogP contribution in [0.5, 0.6) is 0 Å². The maximum atomic E-state index is 13.7. The van der Waals surface area contributed by atoms with Crippen LogP contribution in [0.25, 0.3) is 22.4 Å². The van der Waals surface area contributed by atoms with Crippen LogP contribution in [-0.2, 0) is 6.18 Å². The molecule has 9 heteroatoms. The van der Waals surface area contributed by atoms with Crippen LogP contribution in [0.1, 0.15) is 24.8 Å². The number of hydrogen-bond donors (Lipinski definition) is 2. The van der Waals surface area contributed by atoms with Gasteiger partial charge in [-0.15, -0.1) is 0 Å². The number of hydrogen-bond acceptors (Lipinski definition) is 5. The Kier molecular flexibility index (Phi) is 4.42. The van der Waals surface area contributed by atoms with Gasteiger partial charge >= 0.3 is 6.18 Å². The van der Waals surface area contributed by atoms with E-state index in [0.29, 0.717) is 29.4 Å². The van der Waals surface area contributed by atoms with E-state index in [1.54, 1.807) is 18.3 Å². The van der Waals surface area contributed by atoms with Crippen LogP contribution < -0.4 is 10.2 Å². The normalized spacial score (nSPS) is 20.4. The maximum Gasteiger partial charge on any atom is 0.418 e. The van der Waals surface area contributed by atoms with Crippen molar-refractivity contribution in [1.29, 1.82) is 0 Å². The number of alkyl halides is 3. The van der Waals surface area contributed by atoms with Crippen molar-refractivity contribution in [2.75, 3.05) is 24.5 Å². The lowest BCUT2D eigenvalue weighted by Crippen LogP contribution is -2.51. The summed E-state index contributed by atoms with van der Waals surface area (Å²) in [6.45, 7) is 2.26. The molecule has 1 saturated heterocycles. The van der Waals surface area contributed by atoms with Crippen LogP contribution >= 0.6 is 0 Å². The summed E-state index contributed by atoms with van der Waals surface area (Å²) < 4.78 is 41.1. The average Bonchev–Trinajstić information content (AvgIpc) is 3.42. The van der Waals surface area contributed by atoms with Gasteiger partial charge in [0.2, 0.25) is 0 Å². The first-order chi connectivity index (χ1) is 14.0. The molecule has 0 bridgehead atoms. The number of rotatable bonds is 4. The first kappa shape index (κ1) is 18.4. The Morgan fingerprint density at radius 2 is 2.03 bits per heavy atom. The van der Waals surface area contributed by atoms with Crippen LogP contribution in [-0.4, -0.2) is 45.8 Å². The monoisotopic (exact) mass is 402 g/mol. The molecule has 1 aliphatic heterocycles. The molecule has 152 valence electrons. The van der Waals surface area contributed by atoms with Crippen LogP contribution in [0, 0.1) is 5.92 Å². The van der Waals surface area contributed by atoms with Gasteiger partial charge in [0, 0.05) is 37.3 Å². The third-order valence-electron chi connectivity index (χ3n) is 5.65. The number of pyridine rings is 2. The second-order valence-electron chi connectivity index (χ2n) is 7.81. The van der Waals surface area contributed by atoms with Crippen LogP contribution in [0.4, 0.5) is 19.0 Å². The van der Waals surface area contributed by atoms with Crippen LogP contribution in [0.2, 0.25) is 0 Å². The molecule has 6 nitrogen and oxygen atoms in total. The molecule has 1 saturated carbocycles. The third kappa shape index (κ3) is 3.66. The molecule has 1 atom stereocenters. The van der Waals surface area contributed by atoms with E-state index >= 15 is 0 Å². The Morgan fingerprint density at radius 1 is 1.17 bits per heavy atom. The lowest BCUT2D eigenvalue weighted by atomic mass is 10.1. The van der Waals surface area contributed by atoms with Gasteiger partial charge in [-0.3, -0.25) is 5.10 Å². The second-order valence-corrected chi connectivity index (χ2v) is 7.81. The zero-order valence-corrected chi connectivity index (χ0v) is 15.7. The summed E-state index contributed by atoms with van der Waals surface area (Å²) in [6.07, 6.45) is 0.713. The van der Waals surface area contributed by atoms with Gasteiger partial charge in [-0.2, -0.15) is 18.3 Å². The summed E-state index contributed by atoms with van der Waals surface area (Å²) in [7, 11) is 0. The quantitative estimate of drug-likeness (QED) is 0.698. The fraction of sp³-hybridized carbons (Fsp3) is 0.450. The summed E-state index contributed by atoms with van der Waals surface area (Å²) >= 11 is 0. The molecule has 2 fully saturated rings. The fourth-order valence-corrected chi connectivity index (χ4v) is 4.02. The molecule has 29 heavy (non-hydrogen) atoms. The third-order valence-corrected chi connectivity index (χ3v) is 5.65. The van der Waals surface area contributed by atoms with Gasteiger partial charge in [-0.25, -0.2) is 9.97 Å². The molecule has 3 aromatic heterocycles. The largest absolute Gasteiger partial charge is 0.418 e. The smallest absolute Gasteiger partial charge is 0.354 e. The standard InChI is InChI=1S/C20H21F3N6/c21-20(22,23)15-5-6-16(29-9-8-24-13(11-29)10-12-3-4-12)26-18(15)17-14-2-1-7-25-19(14)28-27-17/h1-2,5-7,12-13,24H,3-4,8-11H2,(H,25,27,28)/t13-/m0/s1. The minimum atomic E-state index is -4.52. The van der Waals surface area contributed by atoms with E-state index in [2.05, 4.69) is 30.4 Å². The van der Waals surface area contributed by atoms with E-state index < -0.39 is 11.7 Å². The summed E-state index contributed by atoms with van der Waals surface area (Å²) in [5, 5.41) is 10.8. The fourth-order valence-electron chi connectivity index (χ4n) is 4.02.